The molecule has 128 valence electrons. The molecule has 3 nitrogen and oxygen atoms in total. The van der Waals surface area contributed by atoms with Crippen molar-refractivity contribution in [3.8, 4) is 0 Å². The standard InChI is InChI=1S/C16H22F3N3S/c17-16(18,19)23-15-3-1-13(2-4-15)12-21-7-9-22(10-8-21)14-5-6-20-11-14/h1-4,14,20H,5-12H2. The van der Waals surface area contributed by atoms with Gasteiger partial charge >= 0.3 is 5.51 Å². The maximum Gasteiger partial charge on any atom is 0.446 e. The number of benzene rings is 1. The van der Waals surface area contributed by atoms with Gasteiger partial charge in [0, 0.05) is 50.2 Å². The Balaban J connectivity index is 1.46. The summed E-state index contributed by atoms with van der Waals surface area (Å²) < 4.78 is 37.0. The van der Waals surface area contributed by atoms with Gasteiger partial charge in [-0.2, -0.15) is 13.2 Å². The number of halogens is 3. The first-order valence-corrected chi connectivity index (χ1v) is 8.83. The Kier molecular flexibility index (Phi) is 5.51. The van der Waals surface area contributed by atoms with Gasteiger partial charge < -0.3 is 5.32 Å². The van der Waals surface area contributed by atoms with Crippen LogP contribution in [0.2, 0.25) is 0 Å². The fourth-order valence-electron chi connectivity index (χ4n) is 3.29. The molecule has 3 rings (SSSR count). The van der Waals surface area contributed by atoms with Crippen molar-refractivity contribution in [3.05, 3.63) is 29.8 Å². The van der Waals surface area contributed by atoms with Gasteiger partial charge in [0.25, 0.3) is 0 Å². The molecule has 1 aromatic rings. The highest BCUT2D eigenvalue weighted by molar-refractivity contribution is 8.00. The Morgan fingerprint density at radius 1 is 1.09 bits per heavy atom. The van der Waals surface area contributed by atoms with Gasteiger partial charge in [0.15, 0.2) is 0 Å². The highest BCUT2D eigenvalue weighted by Gasteiger charge is 2.29. The van der Waals surface area contributed by atoms with Crippen LogP contribution in [0.3, 0.4) is 0 Å². The average Bonchev–Trinajstić information content (AvgIpc) is 3.03. The van der Waals surface area contributed by atoms with Crippen LogP contribution in [0.4, 0.5) is 13.2 Å². The van der Waals surface area contributed by atoms with Crippen molar-refractivity contribution in [2.45, 2.75) is 29.4 Å². The van der Waals surface area contributed by atoms with Gasteiger partial charge in [0.1, 0.15) is 0 Å². The third-order valence-electron chi connectivity index (χ3n) is 4.52. The number of nitrogens with zero attached hydrogens (tertiary/aromatic N) is 2. The van der Waals surface area contributed by atoms with Crippen LogP contribution in [-0.2, 0) is 6.54 Å². The van der Waals surface area contributed by atoms with E-state index in [1.807, 2.05) is 0 Å². The average molecular weight is 345 g/mol. The second-order valence-electron chi connectivity index (χ2n) is 6.15. The van der Waals surface area contributed by atoms with Gasteiger partial charge in [-0.05, 0) is 42.4 Å². The maximum atomic E-state index is 12.3. The van der Waals surface area contributed by atoms with Gasteiger partial charge in [-0.1, -0.05) is 12.1 Å². The van der Waals surface area contributed by atoms with Crippen molar-refractivity contribution in [1.29, 1.82) is 0 Å². The number of thioether (sulfide) groups is 1. The molecule has 0 aliphatic carbocycles. The van der Waals surface area contributed by atoms with E-state index in [-0.39, 0.29) is 16.7 Å². The van der Waals surface area contributed by atoms with E-state index in [9.17, 15) is 13.2 Å². The molecule has 0 radical (unpaired) electrons. The van der Waals surface area contributed by atoms with Gasteiger partial charge in [0.05, 0.1) is 0 Å². The molecule has 1 atom stereocenters. The summed E-state index contributed by atoms with van der Waals surface area (Å²) >= 11 is -0.0563. The molecular weight excluding hydrogens is 323 g/mol. The predicted octanol–water partition coefficient (Wildman–Crippen LogP) is 2.78. The fourth-order valence-corrected chi connectivity index (χ4v) is 3.83. The summed E-state index contributed by atoms with van der Waals surface area (Å²) in [6, 6.07) is 7.42. The molecule has 0 spiro atoms. The molecule has 2 heterocycles. The summed E-state index contributed by atoms with van der Waals surface area (Å²) in [5.41, 5.74) is -3.14. The van der Waals surface area contributed by atoms with Crippen molar-refractivity contribution < 1.29 is 13.2 Å². The Morgan fingerprint density at radius 3 is 2.35 bits per heavy atom. The minimum absolute atomic E-state index is 0.0563. The highest BCUT2D eigenvalue weighted by atomic mass is 32.2. The normalized spacial score (nSPS) is 24.2. The van der Waals surface area contributed by atoms with E-state index in [1.54, 1.807) is 24.3 Å². The highest BCUT2D eigenvalue weighted by Crippen LogP contribution is 2.36. The lowest BCUT2D eigenvalue weighted by molar-refractivity contribution is -0.0328. The number of alkyl halides is 3. The van der Waals surface area contributed by atoms with Crippen LogP contribution in [-0.4, -0.2) is 60.6 Å². The molecule has 1 aromatic carbocycles. The Bertz CT molecular complexity index is 492. The minimum atomic E-state index is -4.22. The third-order valence-corrected chi connectivity index (χ3v) is 5.26. The van der Waals surface area contributed by atoms with E-state index in [0.29, 0.717) is 6.04 Å². The lowest BCUT2D eigenvalue weighted by Gasteiger charge is -2.37. The van der Waals surface area contributed by atoms with Gasteiger partial charge in [-0.15, -0.1) is 0 Å². The van der Waals surface area contributed by atoms with Crippen LogP contribution in [0, 0.1) is 0 Å². The van der Waals surface area contributed by atoms with E-state index in [2.05, 4.69) is 15.1 Å². The molecule has 23 heavy (non-hydrogen) atoms. The van der Waals surface area contributed by atoms with Crippen LogP contribution in [0.25, 0.3) is 0 Å². The molecule has 2 aliphatic heterocycles. The summed E-state index contributed by atoms with van der Waals surface area (Å²) in [6.07, 6.45) is 1.23. The van der Waals surface area contributed by atoms with E-state index in [4.69, 9.17) is 0 Å². The number of piperazine rings is 1. The number of rotatable bonds is 4. The predicted molar refractivity (Wildman–Crippen MR) is 86.5 cm³/mol. The second-order valence-corrected chi connectivity index (χ2v) is 7.29. The number of hydrogen-bond donors (Lipinski definition) is 1. The zero-order chi connectivity index (χ0) is 16.3. The summed E-state index contributed by atoms with van der Waals surface area (Å²) in [7, 11) is 0. The van der Waals surface area contributed by atoms with E-state index < -0.39 is 5.51 Å². The molecule has 2 fully saturated rings. The van der Waals surface area contributed by atoms with Crippen molar-refractivity contribution >= 4 is 11.8 Å². The lowest BCUT2D eigenvalue weighted by atomic mass is 10.1. The lowest BCUT2D eigenvalue weighted by Crippen LogP contribution is -2.50. The van der Waals surface area contributed by atoms with Crippen LogP contribution < -0.4 is 5.32 Å². The number of nitrogens with one attached hydrogen (secondary N) is 1. The van der Waals surface area contributed by atoms with E-state index in [1.165, 1.54) is 6.42 Å². The van der Waals surface area contributed by atoms with Gasteiger partial charge in [-0.25, -0.2) is 0 Å². The summed E-state index contributed by atoms with van der Waals surface area (Å²) in [5.74, 6) is 0. The minimum Gasteiger partial charge on any atom is -0.315 e. The molecule has 2 saturated heterocycles. The van der Waals surface area contributed by atoms with Crippen molar-refractivity contribution in [2.75, 3.05) is 39.3 Å². The Labute approximate surface area is 139 Å². The van der Waals surface area contributed by atoms with E-state index in [0.717, 1.165) is 51.4 Å². The summed E-state index contributed by atoms with van der Waals surface area (Å²) in [5, 5.41) is 3.40. The maximum absolute atomic E-state index is 12.3. The fraction of sp³-hybridized carbons (Fsp3) is 0.625. The monoisotopic (exact) mass is 345 g/mol. The molecular formula is C16H22F3N3S. The summed E-state index contributed by atoms with van der Waals surface area (Å²) in [6.45, 7) is 7.23. The first kappa shape index (κ1) is 17.1. The van der Waals surface area contributed by atoms with Crippen molar-refractivity contribution in [2.24, 2.45) is 0 Å². The Hall–Kier alpha value is -0.760. The van der Waals surface area contributed by atoms with E-state index >= 15 is 0 Å². The third kappa shape index (κ3) is 5.11. The van der Waals surface area contributed by atoms with Crippen molar-refractivity contribution in [1.82, 2.24) is 15.1 Å². The molecule has 0 aromatic heterocycles. The molecule has 0 amide bonds. The smallest absolute Gasteiger partial charge is 0.315 e. The summed E-state index contributed by atoms with van der Waals surface area (Å²) in [4.78, 5) is 5.18. The van der Waals surface area contributed by atoms with Crippen LogP contribution in [0.1, 0.15) is 12.0 Å². The van der Waals surface area contributed by atoms with Crippen LogP contribution in [0.15, 0.2) is 29.2 Å². The quantitative estimate of drug-likeness (QED) is 0.846. The largest absolute Gasteiger partial charge is 0.446 e. The number of hydrogen-bond acceptors (Lipinski definition) is 4. The molecule has 7 heteroatoms. The first-order valence-electron chi connectivity index (χ1n) is 8.01. The molecule has 1 unspecified atom stereocenters. The van der Waals surface area contributed by atoms with Crippen LogP contribution in [0.5, 0.6) is 0 Å². The molecule has 0 saturated carbocycles. The SMILES string of the molecule is FC(F)(F)Sc1ccc(CN2CCN(C3CCNC3)CC2)cc1. The Morgan fingerprint density at radius 2 is 1.78 bits per heavy atom. The molecule has 0 bridgehead atoms. The zero-order valence-electron chi connectivity index (χ0n) is 13.0. The van der Waals surface area contributed by atoms with Gasteiger partial charge in [-0.3, -0.25) is 9.80 Å². The van der Waals surface area contributed by atoms with Crippen molar-refractivity contribution in [3.63, 3.8) is 0 Å². The topological polar surface area (TPSA) is 18.5 Å². The first-order chi connectivity index (χ1) is 11.0. The molecule has 2 aliphatic rings. The van der Waals surface area contributed by atoms with Crippen LogP contribution >= 0.6 is 11.8 Å². The molecule has 1 N–H and O–H groups in total. The van der Waals surface area contributed by atoms with Gasteiger partial charge in [0.2, 0.25) is 0 Å². The zero-order valence-corrected chi connectivity index (χ0v) is 13.8. The second kappa shape index (κ2) is 7.42.